The molecule has 2 amide bonds. The number of aromatic amines is 1. The van der Waals surface area contributed by atoms with E-state index >= 15 is 0 Å². The Morgan fingerprint density at radius 3 is 2.14 bits per heavy atom. The zero-order valence-corrected chi connectivity index (χ0v) is 21.5. The number of nitrogens with one attached hydrogen (secondary N) is 3. The Morgan fingerprint density at radius 2 is 1.54 bits per heavy atom. The molecule has 8 heteroatoms. The van der Waals surface area contributed by atoms with Crippen LogP contribution in [0.2, 0.25) is 0 Å². The Bertz CT molecular complexity index is 719. The average molecular weight is 491 g/mol. The van der Waals surface area contributed by atoms with Crippen molar-refractivity contribution in [3.8, 4) is 0 Å². The van der Waals surface area contributed by atoms with Crippen LogP contribution in [0.3, 0.4) is 0 Å². The van der Waals surface area contributed by atoms with Crippen molar-refractivity contribution in [2.45, 2.75) is 116 Å². The number of amides is 2. The van der Waals surface area contributed by atoms with Gasteiger partial charge in [0, 0.05) is 32.0 Å². The van der Waals surface area contributed by atoms with Crippen LogP contribution in [0.4, 0.5) is 0 Å². The number of rotatable bonds is 22. The van der Waals surface area contributed by atoms with E-state index in [1.165, 1.54) is 64.1 Å². The van der Waals surface area contributed by atoms with Crippen LogP contribution in [0.15, 0.2) is 24.7 Å². The number of unbranched alkanes of at least 4 members (excludes halogenated alkanes) is 11. The predicted molar refractivity (Wildman–Crippen MR) is 139 cm³/mol. The standard InChI is InChI=1S/C27H46N4O4/c1-2-3-4-5-6-7-8-9-10-11-12-13-14-15-16-17-25(32)29-19-18-26(33)31-24(27(34)35)20-23-21-28-22-30-23/h9-10,21-22,24H,2-8,11-20H2,1H3,(H,28,30)(H,29,32)(H,31,33)(H,34,35). The fourth-order valence-corrected chi connectivity index (χ4v) is 3.84. The van der Waals surface area contributed by atoms with Gasteiger partial charge in [-0.15, -0.1) is 0 Å². The first kappa shape index (κ1) is 30.4. The number of imidazole rings is 1. The van der Waals surface area contributed by atoms with Crippen LogP contribution in [0.1, 0.15) is 109 Å². The van der Waals surface area contributed by atoms with Crippen molar-refractivity contribution in [3.63, 3.8) is 0 Å². The fourth-order valence-electron chi connectivity index (χ4n) is 3.84. The second-order valence-electron chi connectivity index (χ2n) is 9.16. The minimum atomic E-state index is -1.12. The quantitative estimate of drug-likeness (QED) is 0.133. The SMILES string of the molecule is CCCCCCCCC=CCCCCCCCC(=O)NCCC(=O)NC(Cc1c[nH]cn1)C(=O)O. The maximum Gasteiger partial charge on any atom is 0.326 e. The maximum atomic E-state index is 12.0. The van der Waals surface area contributed by atoms with Gasteiger partial charge >= 0.3 is 5.97 Å². The lowest BCUT2D eigenvalue weighted by atomic mass is 10.1. The van der Waals surface area contributed by atoms with Gasteiger partial charge < -0.3 is 20.7 Å². The van der Waals surface area contributed by atoms with Crippen LogP contribution in [-0.4, -0.2) is 45.4 Å². The minimum Gasteiger partial charge on any atom is -0.480 e. The molecule has 1 atom stereocenters. The fraction of sp³-hybridized carbons (Fsp3) is 0.704. The lowest BCUT2D eigenvalue weighted by molar-refractivity contribution is -0.141. The summed E-state index contributed by atoms with van der Waals surface area (Å²) < 4.78 is 0. The number of carbonyl (C=O) groups is 3. The van der Waals surface area contributed by atoms with Gasteiger partial charge in [-0.3, -0.25) is 9.59 Å². The molecule has 1 aromatic rings. The summed E-state index contributed by atoms with van der Waals surface area (Å²) in [5.41, 5.74) is 0.561. The van der Waals surface area contributed by atoms with Crippen LogP contribution in [0.25, 0.3) is 0 Å². The number of aliphatic carboxylic acids is 1. The molecule has 1 unspecified atom stereocenters. The van der Waals surface area contributed by atoms with E-state index in [0.29, 0.717) is 12.1 Å². The molecule has 0 spiro atoms. The van der Waals surface area contributed by atoms with Crippen molar-refractivity contribution in [1.29, 1.82) is 0 Å². The van der Waals surface area contributed by atoms with Gasteiger partial charge in [-0.2, -0.15) is 0 Å². The van der Waals surface area contributed by atoms with E-state index in [0.717, 1.165) is 25.7 Å². The highest BCUT2D eigenvalue weighted by molar-refractivity contribution is 5.84. The number of hydrogen-bond donors (Lipinski definition) is 4. The Balaban J connectivity index is 1.95. The predicted octanol–water partition coefficient (Wildman–Crippen LogP) is 5.07. The molecule has 0 saturated heterocycles. The monoisotopic (exact) mass is 490 g/mol. The van der Waals surface area contributed by atoms with Gasteiger partial charge in [0.25, 0.3) is 0 Å². The van der Waals surface area contributed by atoms with Gasteiger partial charge in [0.05, 0.1) is 12.0 Å². The Kier molecular flexibility index (Phi) is 18.0. The van der Waals surface area contributed by atoms with E-state index in [1.54, 1.807) is 6.20 Å². The van der Waals surface area contributed by atoms with Crippen LogP contribution < -0.4 is 10.6 Å². The molecule has 0 aliphatic carbocycles. The third-order valence-electron chi connectivity index (χ3n) is 5.94. The largest absolute Gasteiger partial charge is 0.480 e. The smallest absolute Gasteiger partial charge is 0.326 e. The number of H-pyrrole nitrogens is 1. The molecule has 0 aliphatic rings. The molecule has 0 bridgehead atoms. The highest BCUT2D eigenvalue weighted by Crippen LogP contribution is 2.10. The van der Waals surface area contributed by atoms with E-state index in [-0.39, 0.29) is 25.3 Å². The molecular weight excluding hydrogens is 444 g/mol. The van der Waals surface area contributed by atoms with Crippen LogP contribution in [0.5, 0.6) is 0 Å². The summed E-state index contributed by atoms with van der Waals surface area (Å²) in [6, 6.07) is -1.04. The lowest BCUT2D eigenvalue weighted by Gasteiger charge is -2.13. The molecule has 35 heavy (non-hydrogen) atoms. The third kappa shape index (κ3) is 17.4. The van der Waals surface area contributed by atoms with Crippen molar-refractivity contribution in [1.82, 2.24) is 20.6 Å². The molecular formula is C27H46N4O4. The van der Waals surface area contributed by atoms with E-state index < -0.39 is 17.9 Å². The summed E-state index contributed by atoms with van der Waals surface area (Å²) in [6.07, 6.45) is 24.1. The highest BCUT2D eigenvalue weighted by atomic mass is 16.4. The first-order valence-corrected chi connectivity index (χ1v) is 13.4. The molecule has 0 aliphatic heterocycles. The Morgan fingerprint density at radius 1 is 0.914 bits per heavy atom. The molecule has 1 aromatic heterocycles. The second-order valence-corrected chi connectivity index (χ2v) is 9.16. The van der Waals surface area contributed by atoms with Gasteiger partial charge in [0.1, 0.15) is 6.04 Å². The number of nitrogens with zero attached hydrogens (tertiary/aromatic N) is 1. The number of carbonyl (C=O) groups excluding carboxylic acids is 2. The molecule has 8 nitrogen and oxygen atoms in total. The molecule has 0 fully saturated rings. The van der Waals surface area contributed by atoms with Gasteiger partial charge in [-0.05, 0) is 32.1 Å². The summed E-state index contributed by atoms with van der Waals surface area (Å²) in [4.78, 5) is 42.0. The first-order valence-electron chi connectivity index (χ1n) is 13.4. The molecule has 0 aromatic carbocycles. The topological polar surface area (TPSA) is 124 Å². The molecule has 0 radical (unpaired) electrons. The van der Waals surface area contributed by atoms with Crippen LogP contribution in [0, 0.1) is 0 Å². The molecule has 1 heterocycles. The first-order chi connectivity index (χ1) is 17.0. The van der Waals surface area contributed by atoms with Crippen molar-refractivity contribution in [3.05, 3.63) is 30.4 Å². The summed E-state index contributed by atoms with van der Waals surface area (Å²) in [5.74, 6) is -1.59. The van der Waals surface area contributed by atoms with E-state index in [4.69, 9.17) is 0 Å². The van der Waals surface area contributed by atoms with Crippen molar-refractivity contribution >= 4 is 17.8 Å². The lowest BCUT2D eigenvalue weighted by Crippen LogP contribution is -2.43. The van der Waals surface area contributed by atoms with Crippen molar-refractivity contribution in [2.75, 3.05) is 6.54 Å². The summed E-state index contributed by atoms with van der Waals surface area (Å²) in [5, 5.41) is 14.5. The number of carboxylic acid groups (broad SMARTS) is 1. The molecule has 1 rings (SSSR count). The average Bonchev–Trinajstić information content (AvgIpc) is 3.34. The number of allylic oxidation sites excluding steroid dienone is 2. The third-order valence-corrected chi connectivity index (χ3v) is 5.94. The zero-order valence-electron chi connectivity index (χ0n) is 21.5. The van der Waals surface area contributed by atoms with Crippen LogP contribution in [-0.2, 0) is 20.8 Å². The highest BCUT2D eigenvalue weighted by Gasteiger charge is 2.21. The normalized spacial score (nSPS) is 12.0. The minimum absolute atomic E-state index is 0.0441. The summed E-state index contributed by atoms with van der Waals surface area (Å²) >= 11 is 0. The van der Waals surface area contributed by atoms with E-state index in [2.05, 4.69) is 39.7 Å². The Labute approximate surface area is 210 Å². The maximum absolute atomic E-state index is 12.0. The van der Waals surface area contributed by atoms with E-state index in [9.17, 15) is 19.5 Å². The van der Waals surface area contributed by atoms with Crippen LogP contribution >= 0.6 is 0 Å². The molecule has 4 N–H and O–H groups in total. The van der Waals surface area contributed by atoms with Gasteiger partial charge in [0.2, 0.25) is 11.8 Å². The number of carboxylic acids is 1. The molecule has 0 saturated carbocycles. The zero-order chi connectivity index (χ0) is 25.6. The Hall–Kier alpha value is -2.64. The second kappa shape index (κ2) is 20.7. The van der Waals surface area contributed by atoms with E-state index in [1.807, 2.05) is 0 Å². The van der Waals surface area contributed by atoms with Crippen molar-refractivity contribution in [2.24, 2.45) is 0 Å². The summed E-state index contributed by atoms with van der Waals surface area (Å²) in [7, 11) is 0. The van der Waals surface area contributed by atoms with Gasteiger partial charge in [-0.25, -0.2) is 9.78 Å². The molecule has 198 valence electrons. The number of aromatic nitrogens is 2. The number of hydrogen-bond acceptors (Lipinski definition) is 4. The summed E-state index contributed by atoms with van der Waals surface area (Å²) in [6.45, 7) is 2.45. The van der Waals surface area contributed by atoms with Crippen molar-refractivity contribution < 1.29 is 19.5 Å². The van der Waals surface area contributed by atoms with Gasteiger partial charge in [0.15, 0.2) is 0 Å². The van der Waals surface area contributed by atoms with Gasteiger partial charge in [-0.1, -0.05) is 70.4 Å².